The van der Waals surface area contributed by atoms with E-state index in [0.29, 0.717) is 6.42 Å². The van der Waals surface area contributed by atoms with E-state index in [1.54, 1.807) is 0 Å². The van der Waals surface area contributed by atoms with Crippen LogP contribution < -0.4 is 0 Å². The first-order valence-corrected chi connectivity index (χ1v) is 7.08. The van der Waals surface area contributed by atoms with Crippen LogP contribution in [0.2, 0.25) is 0 Å². The van der Waals surface area contributed by atoms with Crippen molar-refractivity contribution in [2.45, 2.75) is 24.9 Å². The summed E-state index contributed by atoms with van der Waals surface area (Å²) in [7, 11) is 0. The molecule has 0 saturated heterocycles. The molecule has 2 aromatic carbocycles. The lowest BCUT2D eigenvalue weighted by Crippen LogP contribution is -2.22. The molecule has 102 valence electrons. The third kappa shape index (κ3) is 2.39. The monoisotopic (exact) mass is 266 g/mol. The van der Waals surface area contributed by atoms with Gasteiger partial charge in [-0.2, -0.15) is 0 Å². The molecule has 3 rings (SSSR count). The molecule has 1 saturated carbocycles. The molecule has 2 nitrogen and oxygen atoms in total. The molecule has 3 unspecified atom stereocenters. The van der Waals surface area contributed by atoms with E-state index in [0.717, 1.165) is 17.5 Å². The standard InChI is InChI=1S/C18H18O2/c19-16-12-11-15(13-7-3-1-4-8-13)17(16)18(20)14-9-5-2-6-10-14/h1-10,15,17-18,20H,11-12H2. The largest absolute Gasteiger partial charge is 0.388 e. The summed E-state index contributed by atoms with van der Waals surface area (Å²) in [5.74, 6) is -0.0195. The molecule has 0 aromatic heterocycles. The highest BCUT2D eigenvalue weighted by Gasteiger charge is 2.40. The van der Waals surface area contributed by atoms with Gasteiger partial charge >= 0.3 is 0 Å². The lowest BCUT2D eigenvalue weighted by molar-refractivity contribution is -0.124. The summed E-state index contributed by atoms with van der Waals surface area (Å²) in [5, 5.41) is 10.6. The molecule has 2 aromatic rings. The number of Topliss-reactive ketones (excluding diaryl/α,β-unsaturated/α-hetero) is 1. The molecule has 0 aliphatic heterocycles. The van der Waals surface area contributed by atoms with Crippen LogP contribution in [0.15, 0.2) is 60.7 Å². The van der Waals surface area contributed by atoms with Crippen LogP contribution in [0.25, 0.3) is 0 Å². The van der Waals surface area contributed by atoms with Gasteiger partial charge in [-0.15, -0.1) is 0 Å². The predicted molar refractivity (Wildman–Crippen MR) is 78.3 cm³/mol. The van der Waals surface area contributed by atoms with Gasteiger partial charge in [-0.1, -0.05) is 60.7 Å². The van der Waals surface area contributed by atoms with E-state index < -0.39 is 6.10 Å². The van der Waals surface area contributed by atoms with Gasteiger partial charge in [-0.25, -0.2) is 0 Å². The Kier molecular flexibility index (Phi) is 3.66. The number of carbonyl (C=O) groups excluding carboxylic acids is 1. The van der Waals surface area contributed by atoms with Crippen LogP contribution in [0.1, 0.15) is 36.0 Å². The summed E-state index contributed by atoms with van der Waals surface area (Å²) in [4.78, 5) is 12.2. The minimum absolute atomic E-state index is 0.124. The lowest BCUT2D eigenvalue weighted by atomic mass is 9.82. The van der Waals surface area contributed by atoms with Crippen LogP contribution in [0.5, 0.6) is 0 Å². The first-order chi connectivity index (χ1) is 9.77. The van der Waals surface area contributed by atoms with E-state index in [2.05, 4.69) is 0 Å². The molecule has 1 aliphatic rings. The van der Waals surface area contributed by atoms with E-state index in [1.807, 2.05) is 60.7 Å². The predicted octanol–water partition coefficient (Wildman–Crippen LogP) is 3.48. The van der Waals surface area contributed by atoms with E-state index in [9.17, 15) is 9.90 Å². The van der Waals surface area contributed by atoms with Crippen LogP contribution in [-0.4, -0.2) is 10.9 Å². The van der Waals surface area contributed by atoms with Crippen molar-refractivity contribution in [2.75, 3.05) is 0 Å². The Hall–Kier alpha value is -1.93. The average molecular weight is 266 g/mol. The summed E-state index contributed by atoms with van der Waals surface area (Å²) in [6.07, 6.45) is 0.683. The van der Waals surface area contributed by atoms with Crippen molar-refractivity contribution in [3.8, 4) is 0 Å². The molecule has 0 radical (unpaired) electrons. The Morgan fingerprint density at radius 1 is 0.950 bits per heavy atom. The number of benzene rings is 2. The SMILES string of the molecule is O=C1CCC(c2ccccc2)C1C(O)c1ccccc1. The zero-order valence-corrected chi connectivity index (χ0v) is 11.3. The molecule has 0 bridgehead atoms. The highest BCUT2D eigenvalue weighted by molar-refractivity contribution is 5.85. The van der Waals surface area contributed by atoms with E-state index in [-0.39, 0.29) is 17.6 Å². The van der Waals surface area contributed by atoms with Gasteiger partial charge in [0.1, 0.15) is 5.78 Å². The zero-order valence-electron chi connectivity index (χ0n) is 11.3. The molecule has 20 heavy (non-hydrogen) atoms. The van der Waals surface area contributed by atoms with Crippen LogP contribution in [-0.2, 0) is 4.79 Å². The van der Waals surface area contributed by atoms with Crippen LogP contribution in [0, 0.1) is 5.92 Å². The fraction of sp³-hybridized carbons (Fsp3) is 0.278. The number of hydrogen-bond donors (Lipinski definition) is 1. The van der Waals surface area contributed by atoms with Crippen molar-refractivity contribution in [3.05, 3.63) is 71.8 Å². The third-order valence-electron chi connectivity index (χ3n) is 4.22. The van der Waals surface area contributed by atoms with E-state index in [4.69, 9.17) is 0 Å². The normalized spacial score (nSPS) is 23.8. The van der Waals surface area contributed by atoms with Crippen molar-refractivity contribution in [2.24, 2.45) is 5.92 Å². The first-order valence-electron chi connectivity index (χ1n) is 7.08. The van der Waals surface area contributed by atoms with Gasteiger partial charge in [0.15, 0.2) is 0 Å². The number of rotatable bonds is 3. The second kappa shape index (κ2) is 5.59. The number of aliphatic hydroxyl groups is 1. The molecule has 1 fully saturated rings. The molecule has 0 heterocycles. The Bertz CT molecular complexity index is 577. The molecule has 1 N–H and O–H groups in total. The maximum absolute atomic E-state index is 12.2. The molecular weight excluding hydrogens is 248 g/mol. The maximum Gasteiger partial charge on any atom is 0.139 e. The maximum atomic E-state index is 12.2. The summed E-state index contributed by atoms with van der Waals surface area (Å²) in [6, 6.07) is 19.5. The summed E-state index contributed by atoms with van der Waals surface area (Å²) in [6.45, 7) is 0. The van der Waals surface area contributed by atoms with Gasteiger partial charge in [-0.3, -0.25) is 4.79 Å². The van der Waals surface area contributed by atoms with Gasteiger partial charge in [0.05, 0.1) is 12.0 Å². The Morgan fingerprint density at radius 2 is 1.55 bits per heavy atom. The highest BCUT2D eigenvalue weighted by Crippen LogP contribution is 2.43. The van der Waals surface area contributed by atoms with Gasteiger partial charge in [-0.05, 0) is 23.5 Å². The second-order valence-corrected chi connectivity index (χ2v) is 5.40. The molecule has 2 heteroatoms. The molecule has 1 aliphatic carbocycles. The molecule has 0 amide bonds. The van der Waals surface area contributed by atoms with Crippen molar-refractivity contribution >= 4 is 5.78 Å². The second-order valence-electron chi connectivity index (χ2n) is 5.40. The van der Waals surface area contributed by atoms with Gasteiger partial charge in [0.25, 0.3) is 0 Å². The molecule has 0 spiro atoms. The van der Waals surface area contributed by atoms with E-state index >= 15 is 0 Å². The van der Waals surface area contributed by atoms with Crippen molar-refractivity contribution in [1.82, 2.24) is 0 Å². The van der Waals surface area contributed by atoms with E-state index in [1.165, 1.54) is 0 Å². The van der Waals surface area contributed by atoms with Crippen LogP contribution >= 0.6 is 0 Å². The van der Waals surface area contributed by atoms with Crippen molar-refractivity contribution in [1.29, 1.82) is 0 Å². The summed E-state index contributed by atoms with van der Waals surface area (Å²) < 4.78 is 0. The van der Waals surface area contributed by atoms with Gasteiger partial charge in [0.2, 0.25) is 0 Å². The fourth-order valence-electron chi connectivity index (χ4n) is 3.20. The number of hydrogen-bond acceptors (Lipinski definition) is 2. The topological polar surface area (TPSA) is 37.3 Å². The summed E-state index contributed by atoms with van der Waals surface area (Å²) >= 11 is 0. The number of aliphatic hydroxyl groups excluding tert-OH is 1. The Labute approximate surface area is 119 Å². The van der Waals surface area contributed by atoms with Crippen LogP contribution in [0.3, 0.4) is 0 Å². The fourth-order valence-corrected chi connectivity index (χ4v) is 3.20. The van der Waals surface area contributed by atoms with Gasteiger partial charge < -0.3 is 5.11 Å². The highest BCUT2D eigenvalue weighted by atomic mass is 16.3. The zero-order chi connectivity index (χ0) is 13.9. The molecule has 3 atom stereocenters. The van der Waals surface area contributed by atoms with Crippen LogP contribution in [0.4, 0.5) is 0 Å². The molecular formula is C18H18O2. The summed E-state index contributed by atoms with van der Waals surface area (Å²) in [5.41, 5.74) is 1.98. The number of ketones is 1. The first kappa shape index (κ1) is 13.1. The number of carbonyl (C=O) groups is 1. The van der Waals surface area contributed by atoms with Crippen molar-refractivity contribution in [3.63, 3.8) is 0 Å². The Morgan fingerprint density at radius 3 is 2.20 bits per heavy atom. The third-order valence-corrected chi connectivity index (χ3v) is 4.22. The lowest BCUT2D eigenvalue weighted by Gasteiger charge is -2.24. The average Bonchev–Trinajstić information content (AvgIpc) is 2.90. The smallest absolute Gasteiger partial charge is 0.139 e. The quantitative estimate of drug-likeness (QED) is 0.923. The minimum Gasteiger partial charge on any atom is -0.388 e. The Balaban J connectivity index is 1.91. The van der Waals surface area contributed by atoms with Gasteiger partial charge in [0, 0.05) is 6.42 Å². The minimum atomic E-state index is -0.712. The van der Waals surface area contributed by atoms with Crippen molar-refractivity contribution < 1.29 is 9.90 Å².